The number of morpholine rings is 1. The third kappa shape index (κ3) is 4.18. The van der Waals surface area contributed by atoms with Crippen LogP contribution in [0.15, 0.2) is 36.5 Å². The van der Waals surface area contributed by atoms with E-state index in [1.165, 1.54) is 8.61 Å². The molecule has 2 unspecified atom stereocenters. The lowest BCUT2D eigenvalue weighted by atomic mass is 9.88. The fourth-order valence-electron chi connectivity index (χ4n) is 5.48. The normalized spacial score (nSPS) is 29.3. The molecule has 2 atom stereocenters. The zero-order chi connectivity index (χ0) is 24.2. The molecule has 35 heavy (non-hydrogen) atoms. The van der Waals surface area contributed by atoms with E-state index in [1.807, 2.05) is 30.3 Å². The summed E-state index contributed by atoms with van der Waals surface area (Å²) in [5, 5.41) is 1.06. The quantitative estimate of drug-likeness (QED) is 0.627. The largest absolute Gasteiger partial charge is 0.369 e. The summed E-state index contributed by atoms with van der Waals surface area (Å²) in [6, 6.07) is 10.2. The van der Waals surface area contributed by atoms with Crippen LogP contribution < -0.4 is 4.90 Å². The standard InChI is InChI=1S/C24H30FN5O4S/c25-22-15-29(9-7-24(22)17-30(19-5-6-19)23(31)16-34-24)35(32,33)28-12-10-27(11-13-28)20-4-3-18-2-1-8-26-21(18)14-20/h1-4,8,14,19,22H,5-7,9-13,15-17H2. The molecular formula is C24H30FN5O4S. The van der Waals surface area contributed by atoms with E-state index in [0.29, 0.717) is 26.2 Å². The van der Waals surface area contributed by atoms with Crippen LogP contribution in [-0.2, 0) is 19.7 Å². The number of fused-ring (bicyclic) bond motifs is 1. The number of piperazine rings is 1. The average molecular weight is 504 g/mol. The fraction of sp³-hybridized carbons (Fsp3) is 0.583. The van der Waals surface area contributed by atoms with Crippen molar-refractivity contribution in [2.45, 2.75) is 37.1 Å². The van der Waals surface area contributed by atoms with E-state index in [4.69, 9.17) is 4.74 Å². The lowest BCUT2D eigenvalue weighted by Gasteiger charge is -2.49. The first-order chi connectivity index (χ1) is 16.9. The molecule has 0 radical (unpaired) electrons. The first kappa shape index (κ1) is 23.1. The van der Waals surface area contributed by atoms with Gasteiger partial charge < -0.3 is 14.5 Å². The highest BCUT2D eigenvalue weighted by Crippen LogP contribution is 2.38. The van der Waals surface area contributed by atoms with E-state index >= 15 is 4.39 Å². The van der Waals surface area contributed by atoms with E-state index < -0.39 is 22.0 Å². The molecule has 0 bridgehead atoms. The molecule has 1 aromatic heterocycles. The Labute approximate surface area is 204 Å². The van der Waals surface area contributed by atoms with Crippen molar-refractivity contribution in [3.05, 3.63) is 36.5 Å². The second-order valence-corrected chi connectivity index (χ2v) is 11.9. The van der Waals surface area contributed by atoms with Crippen molar-refractivity contribution in [2.75, 3.05) is 57.3 Å². The van der Waals surface area contributed by atoms with Gasteiger partial charge in [-0.2, -0.15) is 17.0 Å². The predicted molar refractivity (Wildman–Crippen MR) is 129 cm³/mol. The Bertz CT molecular complexity index is 1230. The summed E-state index contributed by atoms with van der Waals surface area (Å²) in [6.45, 7) is 1.80. The van der Waals surface area contributed by atoms with Crippen LogP contribution in [0.2, 0.25) is 0 Å². The Hall–Kier alpha value is -2.34. The number of anilines is 1. The van der Waals surface area contributed by atoms with Crippen molar-refractivity contribution in [3.8, 4) is 0 Å². The van der Waals surface area contributed by atoms with Crippen LogP contribution in [0, 0.1) is 0 Å². The number of aromatic nitrogens is 1. The third-order valence-electron chi connectivity index (χ3n) is 7.79. The minimum absolute atomic E-state index is 0.0968. The molecular weight excluding hydrogens is 473 g/mol. The van der Waals surface area contributed by atoms with Gasteiger partial charge in [0.2, 0.25) is 5.91 Å². The molecule has 3 aliphatic heterocycles. The van der Waals surface area contributed by atoms with Crippen LogP contribution in [0.1, 0.15) is 19.3 Å². The number of alkyl halides is 1. The zero-order valence-electron chi connectivity index (χ0n) is 19.6. The monoisotopic (exact) mass is 503 g/mol. The van der Waals surface area contributed by atoms with Crippen molar-refractivity contribution < 1.29 is 22.3 Å². The van der Waals surface area contributed by atoms with Crippen molar-refractivity contribution in [1.82, 2.24) is 18.5 Å². The molecule has 2 aromatic rings. The number of halogens is 1. The molecule has 4 aliphatic rings. The first-order valence-electron chi connectivity index (χ1n) is 12.3. The summed E-state index contributed by atoms with van der Waals surface area (Å²) in [7, 11) is -3.79. The van der Waals surface area contributed by atoms with Crippen molar-refractivity contribution in [3.63, 3.8) is 0 Å². The fourth-order valence-corrected chi connectivity index (χ4v) is 7.07. The highest BCUT2D eigenvalue weighted by atomic mass is 32.2. The minimum Gasteiger partial charge on any atom is -0.369 e. The number of hydrogen-bond donors (Lipinski definition) is 0. The van der Waals surface area contributed by atoms with Gasteiger partial charge in [0.1, 0.15) is 18.4 Å². The van der Waals surface area contributed by atoms with Gasteiger partial charge in [-0.1, -0.05) is 12.1 Å². The average Bonchev–Trinajstić information content (AvgIpc) is 3.72. The maximum Gasteiger partial charge on any atom is 0.282 e. The van der Waals surface area contributed by atoms with Gasteiger partial charge in [-0.3, -0.25) is 9.78 Å². The number of benzene rings is 1. The van der Waals surface area contributed by atoms with Gasteiger partial charge in [0, 0.05) is 62.6 Å². The number of pyridine rings is 1. The SMILES string of the molecule is O=C1COC2(CCN(S(=O)(=O)N3CCN(c4ccc5cccnc5c4)CC3)CC2F)CN1C1CC1. The summed E-state index contributed by atoms with van der Waals surface area (Å²) >= 11 is 0. The summed E-state index contributed by atoms with van der Waals surface area (Å²) in [6.07, 6.45) is 2.42. The van der Waals surface area contributed by atoms with Crippen molar-refractivity contribution in [2.24, 2.45) is 0 Å². The second kappa shape index (κ2) is 8.65. The molecule has 1 amide bonds. The van der Waals surface area contributed by atoms with Gasteiger partial charge in [-0.05, 0) is 37.5 Å². The van der Waals surface area contributed by atoms with Crippen LogP contribution in [0.3, 0.4) is 0 Å². The molecule has 188 valence electrons. The van der Waals surface area contributed by atoms with E-state index in [9.17, 15) is 13.2 Å². The maximum absolute atomic E-state index is 15.5. The molecule has 1 aromatic carbocycles. The number of hydrogen-bond acceptors (Lipinski definition) is 6. The lowest BCUT2D eigenvalue weighted by molar-refractivity contribution is -0.185. The van der Waals surface area contributed by atoms with Gasteiger partial charge >= 0.3 is 0 Å². The Balaban J connectivity index is 1.10. The Morgan fingerprint density at radius 1 is 1.06 bits per heavy atom. The van der Waals surface area contributed by atoms with Gasteiger partial charge in [-0.25, -0.2) is 4.39 Å². The Morgan fingerprint density at radius 2 is 1.86 bits per heavy atom. The molecule has 1 aliphatic carbocycles. The van der Waals surface area contributed by atoms with Crippen molar-refractivity contribution >= 4 is 32.7 Å². The molecule has 4 heterocycles. The molecule has 3 saturated heterocycles. The topological polar surface area (TPSA) is 86.3 Å². The molecule has 1 saturated carbocycles. The summed E-state index contributed by atoms with van der Waals surface area (Å²) in [5.41, 5.74) is 0.815. The number of carbonyl (C=O) groups excluding carboxylic acids is 1. The number of amides is 1. The first-order valence-corrected chi connectivity index (χ1v) is 13.7. The minimum atomic E-state index is -3.79. The Kier molecular flexibility index (Phi) is 5.70. The van der Waals surface area contributed by atoms with Crippen molar-refractivity contribution in [1.29, 1.82) is 0 Å². The molecule has 4 fully saturated rings. The second-order valence-electron chi connectivity index (χ2n) is 9.96. The van der Waals surface area contributed by atoms with E-state index in [-0.39, 0.29) is 44.6 Å². The number of ether oxygens (including phenoxy) is 1. The van der Waals surface area contributed by atoms with Gasteiger partial charge in [-0.15, -0.1) is 0 Å². The van der Waals surface area contributed by atoms with Crippen LogP contribution >= 0.6 is 0 Å². The number of piperidine rings is 1. The lowest BCUT2D eigenvalue weighted by Crippen LogP contribution is -2.66. The number of carbonyl (C=O) groups is 1. The van der Waals surface area contributed by atoms with Crippen LogP contribution in [0.5, 0.6) is 0 Å². The smallest absolute Gasteiger partial charge is 0.282 e. The molecule has 1 spiro atoms. The van der Waals surface area contributed by atoms with Gasteiger partial charge in [0.15, 0.2) is 0 Å². The van der Waals surface area contributed by atoms with E-state index in [1.54, 1.807) is 11.1 Å². The number of rotatable bonds is 4. The molecule has 11 heteroatoms. The zero-order valence-corrected chi connectivity index (χ0v) is 20.4. The summed E-state index contributed by atoms with van der Waals surface area (Å²) in [5.74, 6) is -0.0968. The van der Waals surface area contributed by atoms with E-state index in [2.05, 4.69) is 9.88 Å². The van der Waals surface area contributed by atoms with E-state index in [0.717, 1.165) is 29.4 Å². The summed E-state index contributed by atoms with van der Waals surface area (Å²) < 4.78 is 50.6. The van der Waals surface area contributed by atoms with Crippen LogP contribution in [-0.4, -0.2) is 103 Å². The van der Waals surface area contributed by atoms with Gasteiger partial charge in [0.05, 0.1) is 12.1 Å². The van der Waals surface area contributed by atoms with Crippen LogP contribution in [0.25, 0.3) is 10.9 Å². The predicted octanol–water partition coefficient (Wildman–Crippen LogP) is 1.41. The maximum atomic E-state index is 15.5. The molecule has 9 nitrogen and oxygen atoms in total. The molecule has 6 rings (SSSR count). The van der Waals surface area contributed by atoms with Crippen LogP contribution in [0.4, 0.5) is 10.1 Å². The third-order valence-corrected chi connectivity index (χ3v) is 9.80. The summed E-state index contributed by atoms with van der Waals surface area (Å²) in [4.78, 5) is 20.5. The highest BCUT2D eigenvalue weighted by molar-refractivity contribution is 7.86. The van der Waals surface area contributed by atoms with Gasteiger partial charge in [0.25, 0.3) is 10.2 Å². The highest BCUT2D eigenvalue weighted by Gasteiger charge is 2.53. The Morgan fingerprint density at radius 3 is 2.60 bits per heavy atom. The molecule has 0 N–H and O–H groups in total. The number of nitrogens with zero attached hydrogens (tertiary/aromatic N) is 5.